The molecule has 0 aliphatic rings. The number of rotatable bonds is 5. The van der Waals surface area contributed by atoms with Gasteiger partial charge in [0.2, 0.25) is 0 Å². The molecule has 1 unspecified atom stereocenters. The third kappa shape index (κ3) is 4.67. The molecule has 0 radical (unpaired) electrons. The van der Waals surface area contributed by atoms with E-state index in [0.29, 0.717) is 6.54 Å². The molecule has 6 heteroatoms. The lowest BCUT2D eigenvalue weighted by Gasteiger charge is -2.07. The van der Waals surface area contributed by atoms with Crippen LogP contribution in [0.25, 0.3) is 0 Å². The molecule has 0 aliphatic carbocycles. The zero-order chi connectivity index (χ0) is 11.3. The standard InChI is InChI=1S/C9H11ClINO2S/c1-14-9(13)7(11)5-12-4-6-2-3-8(10)15-6/h2-3,7,12H,4-5H2,1H3. The highest BCUT2D eigenvalue weighted by Crippen LogP contribution is 2.20. The zero-order valence-electron chi connectivity index (χ0n) is 8.13. The van der Waals surface area contributed by atoms with Gasteiger partial charge < -0.3 is 10.1 Å². The van der Waals surface area contributed by atoms with E-state index in [4.69, 9.17) is 11.6 Å². The van der Waals surface area contributed by atoms with Crippen molar-refractivity contribution in [2.24, 2.45) is 0 Å². The number of carbonyl (C=O) groups excluding carboxylic acids is 1. The van der Waals surface area contributed by atoms with Crippen LogP contribution >= 0.6 is 45.5 Å². The quantitative estimate of drug-likeness (QED) is 0.499. The van der Waals surface area contributed by atoms with Gasteiger partial charge in [0.05, 0.1) is 11.4 Å². The minimum Gasteiger partial charge on any atom is -0.468 e. The Morgan fingerprint density at radius 1 is 1.73 bits per heavy atom. The Morgan fingerprint density at radius 3 is 3.00 bits per heavy atom. The van der Waals surface area contributed by atoms with Crippen LogP contribution in [0.4, 0.5) is 0 Å². The lowest BCUT2D eigenvalue weighted by molar-refractivity contribution is -0.139. The first kappa shape index (κ1) is 13.2. The van der Waals surface area contributed by atoms with E-state index in [1.54, 1.807) is 0 Å². The zero-order valence-corrected chi connectivity index (χ0v) is 11.9. The van der Waals surface area contributed by atoms with E-state index in [0.717, 1.165) is 15.8 Å². The highest BCUT2D eigenvalue weighted by molar-refractivity contribution is 14.1. The summed E-state index contributed by atoms with van der Waals surface area (Å²) in [5.41, 5.74) is 0. The summed E-state index contributed by atoms with van der Waals surface area (Å²) in [6.07, 6.45) is 0. The fourth-order valence-electron chi connectivity index (χ4n) is 0.980. The molecular formula is C9H11ClINO2S. The SMILES string of the molecule is COC(=O)C(I)CNCc1ccc(Cl)s1. The second-order valence-electron chi connectivity index (χ2n) is 2.83. The van der Waals surface area contributed by atoms with Gasteiger partial charge in [-0.2, -0.15) is 0 Å². The summed E-state index contributed by atoms with van der Waals surface area (Å²) in [6.45, 7) is 1.33. The molecule has 1 N–H and O–H groups in total. The van der Waals surface area contributed by atoms with E-state index in [2.05, 4.69) is 32.6 Å². The third-order valence-electron chi connectivity index (χ3n) is 1.71. The van der Waals surface area contributed by atoms with E-state index in [-0.39, 0.29) is 9.89 Å². The molecule has 1 aromatic heterocycles. The van der Waals surface area contributed by atoms with Crippen LogP contribution in [0.2, 0.25) is 4.34 Å². The van der Waals surface area contributed by atoms with E-state index in [9.17, 15) is 4.79 Å². The van der Waals surface area contributed by atoms with Crippen molar-refractivity contribution in [2.75, 3.05) is 13.7 Å². The van der Waals surface area contributed by atoms with Crippen molar-refractivity contribution in [2.45, 2.75) is 10.5 Å². The minimum absolute atomic E-state index is 0.150. The second-order valence-corrected chi connectivity index (χ2v) is 6.13. The van der Waals surface area contributed by atoms with Gasteiger partial charge >= 0.3 is 5.97 Å². The van der Waals surface area contributed by atoms with Crippen molar-refractivity contribution in [1.29, 1.82) is 0 Å². The predicted octanol–water partition coefficient (Wildman–Crippen LogP) is 2.47. The van der Waals surface area contributed by atoms with Crippen molar-refractivity contribution in [1.82, 2.24) is 5.32 Å². The second kappa shape index (κ2) is 6.67. The van der Waals surface area contributed by atoms with Gasteiger partial charge in [-0.25, -0.2) is 0 Å². The lowest BCUT2D eigenvalue weighted by Crippen LogP contribution is -2.29. The van der Waals surface area contributed by atoms with E-state index in [1.165, 1.54) is 18.4 Å². The van der Waals surface area contributed by atoms with Crippen molar-refractivity contribution < 1.29 is 9.53 Å². The number of carbonyl (C=O) groups is 1. The van der Waals surface area contributed by atoms with Crippen LogP contribution in [0.5, 0.6) is 0 Å². The smallest absolute Gasteiger partial charge is 0.319 e. The molecule has 3 nitrogen and oxygen atoms in total. The molecule has 15 heavy (non-hydrogen) atoms. The van der Waals surface area contributed by atoms with Crippen LogP contribution in [0.1, 0.15) is 4.88 Å². The van der Waals surface area contributed by atoms with Gasteiger partial charge in [-0.15, -0.1) is 11.3 Å². The summed E-state index contributed by atoms with van der Waals surface area (Å²) in [7, 11) is 1.40. The van der Waals surface area contributed by atoms with Crippen molar-refractivity contribution in [3.8, 4) is 0 Å². The number of alkyl halides is 1. The molecule has 0 saturated carbocycles. The molecule has 84 valence electrons. The fraction of sp³-hybridized carbons (Fsp3) is 0.444. The molecule has 0 saturated heterocycles. The van der Waals surface area contributed by atoms with E-state index in [1.807, 2.05) is 12.1 Å². The van der Waals surface area contributed by atoms with Gasteiger partial charge in [0.15, 0.2) is 0 Å². The Hall–Kier alpha value is 0.150. The summed E-state index contributed by atoms with van der Waals surface area (Å²) in [4.78, 5) is 12.2. The van der Waals surface area contributed by atoms with E-state index >= 15 is 0 Å². The maximum Gasteiger partial charge on any atom is 0.319 e. The van der Waals surface area contributed by atoms with Crippen LogP contribution in [0.15, 0.2) is 12.1 Å². The topological polar surface area (TPSA) is 38.3 Å². The molecule has 0 aliphatic heterocycles. The Bertz CT molecular complexity index is 332. The first-order chi connectivity index (χ1) is 7.13. The van der Waals surface area contributed by atoms with Crippen molar-refractivity contribution in [3.63, 3.8) is 0 Å². The summed E-state index contributed by atoms with van der Waals surface area (Å²) in [5.74, 6) is -0.202. The highest BCUT2D eigenvalue weighted by atomic mass is 127. The van der Waals surface area contributed by atoms with Crippen LogP contribution in [0.3, 0.4) is 0 Å². The predicted molar refractivity (Wildman–Crippen MR) is 70.9 cm³/mol. The maximum atomic E-state index is 11.1. The summed E-state index contributed by atoms with van der Waals surface area (Å²) >= 11 is 9.38. The lowest BCUT2D eigenvalue weighted by atomic mass is 10.4. The Labute approximate surface area is 111 Å². The van der Waals surface area contributed by atoms with Gasteiger partial charge in [-0.3, -0.25) is 4.79 Å². The highest BCUT2D eigenvalue weighted by Gasteiger charge is 2.13. The number of hydrogen-bond acceptors (Lipinski definition) is 4. The third-order valence-corrected chi connectivity index (χ3v) is 3.89. The molecule has 0 amide bonds. The Morgan fingerprint density at radius 2 is 2.47 bits per heavy atom. The Balaban J connectivity index is 2.24. The molecule has 0 fully saturated rings. The number of methoxy groups -OCH3 is 1. The van der Waals surface area contributed by atoms with Gasteiger partial charge in [-0.1, -0.05) is 34.2 Å². The largest absolute Gasteiger partial charge is 0.468 e. The van der Waals surface area contributed by atoms with Gasteiger partial charge in [0.1, 0.15) is 3.92 Å². The molecule has 0 spiro atoms. The number of halogens is 2. The van der Waals surface area contributed by atoms with Crippen LogP contribution in [-0.2, 0) is 16.1 Å². The first-order valence-electron chi connectivity index (χ1n) is 4.30. The molecule has 1 aromatic rings. The van der Waals surface area contributed by atoms with Crippen LogP contribution in [0, 0.1) is 0 Å². The van der Waals surface area contributed by atoms with Crippen LogP contribution < -0.4 is 5.32 Å². The van der Waals surface area contributed by atoms with Gasteiger partial charge in [0, 0.05) is 18.0 Å². The number of esters is 1. The molecule has 1 atom stereocenters. The molecule has 1 rings (SSSR count). The average molecular weight is 360 g/mol. The summed E-state index contributed by atoms with van der Waals surface area (Å²) in [5, 5.41) is 3.17. The first-order valence-corrected chi connectivity index (χ1v) is 6.74. The monoisotopic (exact) mass is 359 g/mol. The minimum atomic E-state index is -0.202. The summed E-state index contributed by atoms with van der Waals surface area (Å²) < 4.78 is 5.25. The molecular weight excluding hydrogens is 349 g/mol. The van der Waals surface area contributed by atoms with Gasteiger partial charge in [0.25, 0.3) is 0 Å². The molecule has 0 bridgehead atoms. The fourth-order valence-corrected chi connectivity index (χ4v) is 2.60. The molecule has 0 aromatic carbocycles. The Kier molecular flexibility index (Phi) is 5.88. The molecule has 1 heterocycles. The number of nitrogens with one attached hydrogen (secondary N) is 1. The van der Waals surface area contributed by atoms with Crippen LogP contribution in [-0.4, -0.2) is 23.5 Å². The average Bonchev–Trinajstić information content (AvgIpc) is 2.63. The van der Waals surface area contributed by atoms with Gasteiger partial charge in [-0.05, 0) is 12.1 Å². The number of hydrogen-bond donors (Lipinski definition) is 1. The number of thiophene rings is 1. The number of ether oxygens (including phenoxy) is 1. The van der Waals surface area contributed by atoms with E-state index < -0.39 is 0 Å². The summed E-state index contributed by atoms with van der Waals surface area (Å²) in [6, 6.07) is 3.84. The maximum absolute atomic E-state index is 11.1. The normalized spacial score (nSPS) is 12.5. The van der Waals surface area contributed by atoms with Crippen molar-refractivity contribution in [3.05, 3.63) is 21.3 Å². The van der Waals surface area contributed by atoms with Crippen molar-refractivity contribution >= 4 is 51.5 Å².